The Morgan fingerprint density at radius 2 is 1.68 bits per heavy atom. The predicted molar refractivity (Wildman–Crippen MR) is 81.5 cm³/mol. The maximum Gasteiger partial charge on any atom is 0.308 e. The topological polar surface area (TPSA) is 52.6 Å². The van der Waals surface area contributed by atoms with Crippen molar-refractivity contribution in [2.24, 2.45) is 0 Å². The Morgan fingerprint density at radius 3 is 2.36 bits per heavy atom. The summed E-state index contributed by atoms with van der Waals surface area (Å²) in [6.45, 7) is 4.64. The lowest BCUT2D eigenvalue weighted by molar-refractivity contribution is -0.144. The highest BCUT2D eigenvalue weighted by Gasteiger charge is 2.33. The molecule has 1 aliphatic rings. The lowest BCUT2D eigenvalue weighted by atomic mass is 10.00. The van der Waals surface area contributed by atoms with Crippen molar-refractivity contribution >= 4 is 11.9 Å². The van der Waals surface area contributed by atoms with Gasteiger partial charge >= 0.3 is 11.9 Å². The zero-order valence-electron chi connectivity index (χ0n) is 12.7. The molecule has 1 unspecified atom stereocenters. The van der Waals surface area contributed by atoms with Gasteiger partial charge in [0, 0.05) is 25.0 Å². The maximum atomic E-state index is 11.5. The number of hydrogen-bond donors (Lipinski definition) is 0. The SMILES string of the molecule is CC(=O)Oc1ccc2c(c1C)C(OC(C)=O)c1ccccc1-2. The van der Waals surface area contributed by atoms with Crippen LogP contribution in [0.2, 0.25) is 0 Å². The van der Waals surface area contributed by atoms with Crippen molar-refractivity contribution in [3.05, 3.63) is 53.1 Å². The molecule has 4 nitrogen and oxygen atoms in total. The van der Waals surface area contributed by atoms with Crippen LogP contribution in [0.25, 0.3) is 11.1 Å². The standard InChI is InChI=1S/C18H16O4/c1-10-16(21-11(2)19)9-8-14-13-6-4-5-7-15(13)18(17(10)14)22-12(3)20/h4-9,18H,1-3H3. The fraction of sp³-hybridized carbons (Fsp3) is 0.222. The summed E-state index contributed by atoms with van der Waals surface area (Å²) in [5.41, 5.74) is 4.71. The quantitative estimate of drug-likeness (QED) is 0.628. The van der Waals surface area contributed by atoms with Gasteiger partial charge in [0.15, 0.2) is 6.10 Å². The molecule has 3 rings (SSSR count). The lowest BCUT2D eigenvalue weighted by Gasteiger charge is -2.17. The number of ether oxygens (including phenoxy) is 2. The second kappa shape index (κ2) is 5.30. The van der Waals surface area contributed by atoms with Gasteiger partial charge in [-0.05, 0) is 29.7 Å². The molecular weight excluding hydrogens is 280 g/mol. The summed E-state index contributed by atoms with van der Waals surface area (Å²) in [4.78, 5) is 22.7. The van der Waals surface area contributed by atoms with Crippen LogP contribution in [0.3, 0.4) is 0 Å². The van der Waals surface area contributed by atoms with Crippen LogP contribution in [0, 0.1) is 6.92 Å². The van der Waals surface area contributed by atoms with E-state index in [0.717, 1.165) is 27.8 Å². The number of carbonyl (C=O) groups is 2. The van der Waals surface area contributed by atoms with Gasteiger partial charge in [-0.1, -0.05) is 30.3 Å². The molecule has 4 heteroatoms. The van der Waals surface area contributed by atoms with Gasteiger partial charge in [0.1, 0.15) is 5.75 Å². The van der Waals surface area contributed by atoms with Crippen LogP contribution in [0.1, 0.15) is 36.6 Å². The predicted octanol–water partition coefficient (Wildman–Crippen LogP) is 3.55. The Bertz CT molecular complexity index is 777. The third kappa shape index (κ3) is 2.26. The summed E-state index contributed by atoms with van der Waals surface area (Å²) < 4.78 is 10.8. The third-order valence-electron chi connectivity index (χ3n) is 3.80. The van der Waals surface area contributed by atoms with Gasteiger partial charge in [-0.2, -0.15) is 0 Å². The lowest BCUT2D eigenvalue weighted by Crippen LogP contribution is -2.10. The molecule has 0 saturated heterocycles. The second-order valence-electron chi connectivity index (χ2n) is 5.32. The van der Waals surface area contributed by atoms with Crippen LogP contribution < -0.4 is 4.74 Å². The molecule has 0 spiro atoms. The minimum atomic E-state index is -0.459. The molecule has 0 radical (unpaired) electrons. The van der Waals surface area contributed by atoms with E-state index >= 15 is 0 Å². The zero-order chi connectivity index (χ0) is 15.9. The summed E-state index contributed by atoms with van der Waals surface area (Å²) in [5.74, 6) is -0.219. The maximum absolute atomic E-state index is 11.5. The van der Waals surface area contributed by atoms with E-state index in [1.54, 1.807) is 6.07 Å². The van der Waals surface area contributed by atoms with Crippen LogP contribution in [0.4, 0.5) is 0 Å². The summed E-state index contributed by atoms with van der Waals surface area (Å²) in [7, 11) is 0. The first kappa shape index (κ1) is 14.3. The van der Waals surface area contributed by atoms with E-state index in [9.17, 15) is 9.59 Å². The molecule has 0 N–H and O–H groups in total. The summed E-state index contributed by atoms with van der Waals surface area (Å²) in [6, 6.07) is 11.5. The Kier molecular flexibility index (Phi) is 3.45. The zero-order valence-corrected chi connectivity index (χ0v) is 12.7. The Balaban J connectivity index is 2.19. The Hall–Kier alpha value is -2.62. The highest BCUT2D eigenvalue weighted by molar-refractivity contribution is 5.82. The van der Waals surface area contributed by atoms with Crippen molar-refractivity contribution in [1.82, 2.24) is 0 Å². The molecule has 112 valence electrons. The normalized spacial score (nSPS) is 15.0. The van der Waals surface area contributed by atoms with E-state index in [0.29, 0.717) is 5.75 Å². The molecule has 0 amide bonds. The van der Waals surface area contributed by atoms with E-state index in [1.165, 1.54) is 13.8 Å². The Morgan fingerprint density at radius 1 is 0.955 bits per heavy atom. The molecule has 0 aromatic heterocycles. The first-order valence-corrected chi connectivity index (χ1v) is 7.07. The molecule has 1 aliphatic carbocycles. The average Bonchev–Trinajstić information content (AvgIpc) is 2.76. The van der Waals surface area contributed by atoms with Crippen LogP contribution >= 0.6 is 0 Å². The van der Waals surface area contributed by atoms with E-state index in [1.807, 2.05) is 37.3 Å². The molecule has 1 atom stereocenters. The highest BCUT2D eigenvalue weighted by atomic mass is 16.5. The molecular formula is C18H16O4. The van der Waals surface area contributed by atoms with Crippen LogP contribution in [0.5, 0.6) is 5.75 Å². The smallest absolute Gasteiger partial charge is 0.308 e. The Labute approximate surface area is 128 Å². The van der Waals surface area contributed by atoms with Gasteiger partial charge in [0.05, 0.1) is 0 Å². The van der Waals surface area contributed by atoms with Gasteiger partial charge in [0.2, 0.25) is 0 Å². The van der Waals surface area contributed by atoms with Crippen molar-refractivity contribution < 1.29 is 19.1 Å². The summed E-state index contributed by atoms with van der Waals surface area (Å²) >= 11 is 0. The molecule has 22 heavy (non-hydrogen) atoms. The molecule has 0 saturated carbocycles. The van der Waals surface area contributed by atoms with Crippen molar-refractivity contribution in [2.75, 3.05) is 0 Å². The van der Waals surface area contributed by atoms with Crippen molar-refractivity contribution in [3.63, 3.8) is 0 Å². The minimum Gasteiger partial charge on any atom is -0.453 e. The summed E-state index contributed by atoms with van der Waals surface area (Å²) in [5, 5.41) is 0. The number of carbonyl (C=O) groups excluding carboxylic acids is 2. The highest BCUT2D eigenvalue weighted by Crippen LogP contribution is 2.48. The number of benzene rings is 2. The average molecular weight is 296 g/mol. The first-order valence-electron chi connectivity index (χ1n) is 7.07. The van der Waals surface area contributed by atoms with Gasteiger partial charge in [-0.15, -0.1) is 0 Å². The molecule has 2 aromatic rings. The van der Waals surface area contributed by atoms with Crippen LogP contribution in [0.15, 0.2) is 36.4 Å². The summed E-state index contributed by atoms with van der Waals surface area (Å²) in [6.07, 6.45) is -0.459. The van der Waals surface area contributed by atoms with E-state index in [-0.39, 0.29) is 11.9 Å². The number of rotatable bonds is 2. The fourth-order valence-electron chi connectivity index (χ4n) is 2.96. The molecule has 0 heterocycles. The van der Waals surface area contributed by atoms with Gasteiger partial charge in [-0.3, -0.25) is 9.59 Å². The first-order chi connectivity index (χ1) is 10.5. The fourth-order valence-corrected chi connectivity index (χ4v) is 2.96. The monoisotopic (exact) mass is 296 g/mol. The van der Waals surface area contributed by atoms with Crippen LogP contribution in [-0.2, 0) is 14.3 Å². The van der Waals surface area contributed by atoms with Crippen molar-refractivity contribution in [1.29, 1.82) is 0 Å². The number of esters is 2. The third-order valence-corrected chi connectivity index (χ3v) is 3.80. The largest absolute Gasteiger partial charge is 0.453 e. The van der Waals surface area contributed by atoms with Crippen molar-refractivity contribution in [3.8, 4) is 16.9 Å². The van der Waals surface area contributed by atoms with E-state index < -0.39 is 6.10 Å². The second-order valence-corrected chi connectivity index (χ2v) is 5.32. The van der Waals surface area contributed by atoms with Gasteiger partial charge < -0.3 is 9.47 Å². The van der Waals surface area contributed by atoms with Gasteiger partial charge in [-0.25, -0.2) is 0 Å². The minimum absolute atomic E-state index is 0.343. The number of hydrogen-bond acceptors (Lipinski definition) is 4. The van der Waals surface area contributed by atoms with Crippen molar-refractivity contribution in [2.45, 2.75) is 26.9 Å². The number of fused-ring (bicyclic) bond motifs is 3. The molecule has 0 aliphatic heterocycles. The van der Waals surface area contributed by atoms with E-state index in [4.69, 9.17) is 9.47 Å². The van der Waals surface area contributed by atoms with E-state index in [2.05, 4.69) is 0 Å². The van der Waals surface area contributed by atoms with Crippen LogP contribution in [-0.4, -0.2) is 11.9 Å². The van der Waals surface area contributed by atoms with Gasteiger partial charge in [0.25, 0.3) is 0 Å². The molecule has 2 aromatic carbocycles. The molecule has 0 bridgehead atoms. The molecule has 0 fully saturated rings.